The number of likely N-dealkylation sites (tertiary alicyclic amines) is 1. The number of carbonyl (C=O) groups is 1. The number of rotatable bonds is 6. The van der Waals surface area contributed by atoms with Crippen molar-refractivity contribution in [2.24, 2.45) is 12.5 Å². The fourth-order valence-electron chi connectivity index (χ4n) is 3.97. The molecule has 26 heavy (non-hydrogen) atoms. The third kappa shape index (κ3) is 3.94. The molecule has 0 saturated carbocycles. The molecule has 2 aliphatic rings. The molecule has 1 aromatic rings. The van der Waals surface area contributed by atoms with E-state index in [-0.39, 0.29) is 16.3 Å². The Bertz CT molecular complexity index is 738. The molecule has 9 heteroatoms. The molecule has 0 radical (unpaired) electrons. The Morgan fingerprint density at radius 2 is 2.00 bits per heavy atom. The summed E-state index contributed by atoms with van der Waals surface area (Å²) in [5.41, 5.74) is 0.0388. The summed E-state index contributed by atoms with van der Waals surface area (Å²) in [5, 5.41) is 0.107. The van der Waals surface area contributed by atoms with E-state index in [0.717, 1.165) is 32.2 Å². The van der Waals surface area contributed by atoms with Crippen molar-refractivity contribution in [2.75, 3.05) is 39.9 Å². The Labute approximate surface area is 155 Å². The number of nitrogens with zero attached hydrogens (tertiary/aromatic N) is 4. The number of ether oxygens (including phenoxy) is 1. The van der Waals surface area contributed by atoms with Crippen molar-refractivity contribution in [3.63, 3.8) is 0 Å². The van der Waals surface area contributed by atoms with Crippen molar-refractivity contribution in [3.05, 3.63) is 12.5 Å². The maximum absolute atomic E-state index is 12.7. The van der Waals surface area contributed by atoms with Crippen LogP contribution in [0, 0.1) is 5.41 Å². The van der Waals surface area contributed by atoms with Crippen molar-refractivity contribution in [1.29, 1.82) is 0 Å². The number of hydrogen-bond acceptors (Lipinski definition) is 5. The Balaban J connectivity index is 1.62. The van der Waals surface area contributed by atoms with Crippen LogP contribution in [0.3, 0.4) is 0 Å². The molecule has 0 bridgehead atoms. The third-order valence-electron chi connectivity index (χ3n) is 5.59. The predicted octanol–water partition coefficient (Wildman–Crippen LogP) is 0.850. The molecular formula is C17H28N4O4S. The van der Waals surface area contributed by atoms with Gasteiger partial charge in [0.1, 0.15) is 0 Å². The summed E-state index contributed by atoms with van der Waals surface area (Å²) < 4.78 is 33.7. The number of sulfonamides is 1. The minimum Gasteiger partial charge on any atom is -0.385 e. The van der Waals surface area contributed by atoms with Gasteiger partial charge in [-0.3, -0.25) is 4.79 Å². The number of aryl methyl sites for hydroxylation is 1. The number of hydrogen-bond donors (Lipinski definition) is 0. The first-order valence-corrected chi connectivity index (χ1v) is 10.6. The number of amides is 1. The Hall–Kier alpha value is -1.45. The summed E-state index contributed by atoms with van der Waals surface area (Å²) in [4.78, 5) is 18.1. The second kappa shape index (κ2) is 7.66. The highest BCUT2D eigenvalue weighted by atomic mass is 32.2. The van der Waals surface area contributed by atoms with E-state index in [1.54, 1.807) is 18.7 Å². The molecule has 1 amide bonds. The smallest absolute Gasteiger partial charge is 0.262 e. The van der Waals surface area contributed by atoms with Crippen LogP contribution in [0.25, 0.3) is 0 Å². The highest BCUT2D eigenvalue weighted by Gasteiger charge is 2.43. The van der Waals surface area contributed by atoms with Crippen LogP contribution >= 0.6 is 0 Å². The van der Waals surface area contributed by atoms with E-state index >= 15 is 0 Å². The molecule has 3 rings (SSSR count). The average Bonchev–Trinajstić information content (AvgIpc) is 3.06. The quantitative estimate of drug-likeness (QED) is 0.679. The molecule has 2 fully saturated rings. The van der Waals surface area contributed by atoms with Gasteiger partial charge in [-0.1, -0.05) is 0 Å². The van der Waals surface area contributed by atoms with E-state index in [1.807, 2.05) is 4.90 Å². The summed E-state index contributed by atoms with van der Waals surface area (Å²) in [6.45, 7) is 3.06. The zero-order valence-electron chi connectivity index (χ0n) is 15.6. The van der Waals surface area contributed by atoms with Gasteiger partial charge >= 0.3 is 0 Å². The number of imidazole rings is 1. The van der Waals surface area contributed by atoms with Crippen LogP contribution in [0.1, 0.15) is 32.1 Å². The molecule has 146 valence electrons. The van der Waals surface area contributed by atoms with Gasteiger partial charge in [-0.2, -0.15) is 4.31 Å². The lowest BCUT2D eigenvalue weighted by Crippen LogP contribution is -2.52. The maximum atomic E-state index is 12.7. The van der Waals surface area contributed by atoms with Gasteiger partial charge in [0.05, 0.1) is 6.33 Å². The van der Waals surface area contributed by atoms with E-state index in [1.165, 1.54) is 16.8 Å². The second-order valence-corrected chi connectivity index (χ2v) is 9.33. The van der Waals surface area contributed by atoms with Gasteiger partial charge in [-0.15, -0.1) is 0 Å². The SMILES string of the molecule is COCCCN1CC2(CCC1=O)CCN(S(=O)(=O)c1cn(C)cn1)CC2. The number of piperidine rings is 2. The average molecular weight is 385 g/mol. The van der Waals surface area contributed by atoms with Gasteiger partial charge in [0.2, 0.25) is 5.91 Å². The molecule has 0 aromatic carbocycles. The lowest BCUT2D eigenvalue weighted by Gasteiger charge is -2.47. The van der Waals surface area contributed by atoms with E-state index in [0.29, 0.717) is 32.7 Å². The van der Waals surface area contributed by atoms with Crippen LogP contribution in [0.5, 0.6) is 0 Å². The number of methoxy groups -OCH3 is 1. The molecular weight excluding hydrogens is 356 g/mol. The highest BCUT2D eigenvalue weighted by Crippen LogP contribution is 2.41. The van der Waals surface area contributed by atoms with Gasteiger partial charge in [0.25, 0.3) is 10.0 Å². The third-order valence-corrected chi connectivity index (χ3v) is 7.38. The lowest BCUT2D eigenvalue weighted by molar-refractivity contribution is -0.139. The zero-order chi connectivity index (χ0) is 18.8. The minimum absolute atomic E-state index is 0.0388. The molecule has 1 aromatic heterocycles. The van der Waals surface area contributed by atoms with Gasteiger partial charge in [0, 0.05) is 59.6 Å². The minimum atomic E-state index is -3.53. The molecule has 0 N–H and O–H groups in total. The number of aromatic nitrogens is 2. The van der Waals surface area contributed by atoms with E-state index in [9.17, 15) is 13.2 Å². The van der Waals surface area contributed by atoms with Gasteiger partial charge in [0.15, 0.2) is 5.03 Å². The molecule has 2 aliphatic heterocycles. The van der Waals surface area contributed by atoms with Crippen LogP contribution in [0.2, 0.25) is 0 Å². The van der Waals surface area contributed by atoms with Crippen molar-refractivity contribution in [1.82, 2.24) is 18.8 Å². The van der Waals surface area contributed by atoms with Crippen molar-refractivity contribution < 1.29 is 17.9 Å². The van der Waals surface area contributed by atoms with E-state index in [4.69, 9.17) is 4.74 Å². The van der Waals surface area contributed by atoms with Gasteiger partial charge < -0.3 is 14.2 Å². The molecule has 2 saturated heterocycles. The second-order valence-electron chi connectivity index (χ2n) is 7.44. The normalized spacial score (nSPS) is 21.5. The summed E-state index contributed by atoms with van der Waals surface area (Å²) in [6.07, 6.45) is 6.85. The Morgan fingerprint density at radius 3 is 2.62 bits per heavy atom. The molecule has 3 heterocycles. The van der Waals surface area contributed by atoms with Crippen LogP contribution in [-0.4, -0.2) is 73.0 Å². The largest absolute Gasteiger partial charge is 0.385 e. The number of carbonyl (C=O) groups excluding carboxylic acids is 1. The van der Waals surface area contributed by atoms with Crippen molar-refractivity contribution >= 4 is 15.9 Å². The predicted molar refractivity (Wildman–Crippen MR) is 95.9 cm³/mol. The fraction of sp³-hybridized carbons (Fsp3) is 0.765. The molecule has 0 unspecified atom stereocenters. The maximum Gasteiger partial charge on any atom is 0.262 e. The van der Waals surface area contributed by atoms with Crippen molar-refractivity contribution in [2.45, 2.75) is 37.1 Å². The van der Waals surface area contributed by atoms with Crippen molar-refractivity contribution in [3.8, 4) is 0 Å². The standard InChI is InChI=1S/C17H28N4O4S/c1-19-12-15(18-14-19)26(23,24)21-9-6-17(7-10-21)5-4-16(22)20(13-17)8-3-11-25-2/h12,14H,3-11,13H2,1-2H3. The van der Waals surface area contributed by atoms with Crippen LogP contribution in [0.15, 0.2) is 17.6 Å². The van der Waals surface area contributed by atoms with Crippen LogP contribution < -0.4 is 0 Å². The summed E-state index contributed by atoms with van der Waals surface area (Å²) in [6, 6.07) is 0. The molecule has 0 atom stereocenters. The first-order chi connectivity index (χ1) is 12.4. The summed E-state index contributed by atoms with van der Waals surface area (Å²) >= 11 is 0. The molecule has 0 aliphatic carbocycles. The fourth-order valence-corrected chi connectivity index (χ4v) is 5.38. The topological polar surface area (TPSA) is 84.7 Å². The summed E-state index contributed by atoms with van der Waals surface area (Å²) in [5.74, 6) is 0.204. The van der Waals surface area contributed by atoms with Gasteiger partial charge in [-0.05, 0) is 31.1 Å². The lowest BCUT2D eigenvalue weighted by atomic mass is 9.72. The molecule has 8 nitrogen and oxygen atoms in total. The first kappa shape index (κ1) is 19.3. The van der Waals surface area contributed by atoms with Crippen LogP contribution in [-0.2, 0) is 26.6 Å². The Kier molecular flexibility index (Phi) is 5.69. The Morgan fingerprint density at radius 1 is 1.27 bits per heavy atom. The highest BCUT2D eigenvalue weighted by molar-refractivity contribution is 7.89. The summed E-state index contributed by atoms with van der Waals surface area (Å²) in [7, 11) is -0.112. The van der Waals surface area contributed by atoms with E-state index < -0.39 is 10.0 Å². The zero-order valence-corrected chi connectivity index (χ0v) is 16.4. The monoisotopic (exact) mass is 384 g/mol. The van der Waals surface area contributed by atoms with Gasteiger partial charge in [-0.25, -0.2) is 13.4 Å². The van der Waals surface area contributed by atoms with E-state index in [2.05, 4.69) is 4.98 Å². The first-order valence-electron chi connectivity index (χ1n) is 9.11. The van der Waals surface area contributed by atoms with Crippen LogP contribution in [0.4, 0.5) is 0 Å². The molecule has 1 spiro atoms.